The van der Waals surface area contributed by atoms with E-state index in [2.05, 4.69) is 38.0 Å². The molecule has 0 radical (unpaired) electrons. The second kappa shape index (κ2) is 5.46. The molecule has 1 unspecified atom stereocenters. The Hall–Kier alpha value is -1.45. The molecular weight excluding hydrogens is 226 g/mol. The standard InChI is InChI=1S/C14H25N3O/c1-9(2)18-13-11(15)7-8-12(17-13)16-10(3)14(4,5)6/h7-10H,15H2,1-6H3,(H,16,17). The van der Waals surface area contributed by atoms with Crippen molar-refractivity contribution in [1.82, 2.24) is 4.98 Å². The van der Waals surface area contributed by atoms with Crippen LogP contribution in [0.4, 0.5) is 11.5 Å². The van der Waals surface area contributed by atoms with Gasteiger partial charge in [-0.25, -0.2) is 0 Å². The van der Waals surface area contributed by atoms with Gasteiger partial charge >= 0.3 is 0 Å². The van der Waals surface area contributed by atoms with Gasteiger partial charge in [-0.1, -0.05) is 20.8 Å². The summed E-state index contributed by atoms with van der Waals surface area (Å²) in [6.07, 6.45) is 0.0649. The molecule has 0 aliphatic rings. The third kappa shape index (κ3) is 4.09. The lowest BCUT2D eigenvalue weighted by atomic mass is 9.88. The number of rotatable bonds is 4. The van der Waals surface area contributed by atoms with Crippen LogP contribution in [0.25, 0.3) is 0 Å². The van der Waals surface area contributed by atoms with Crippen LogP contribution in [0.15, 0.2) is 12.1 Å². The summed E-state index contributed by atoms with van der Waals surface area (Å²) in [4.78, 5) is 4.41. The van der Waals surface area contributed by atoms with Gasteiger partial charge in [-0.15, -0.1) is 0 Å². The molecule has 1 atom stereocenters. The van der Waals surface area contributed by atoms with Crippen molar-refractivity contribution in [3.8, 4) is 5.88 Å². The first-order valence-electron chi connectivity index (χ1n) is 6.40. The lowest BCUT2D eigenvalue weighted by Gasteiger charge is -2.28. The van der Waals surface area contributed by atoms with Crippen LogP contribution < -0.4 is 15.8 Å². The van der Waals surface area contributed by atoms with Crippen LogP contribution in [-0.4, -0.2) is 17.1 Å². The molecule has 4 nitrogen and oxygen atoms in total. The Kier molecular flexibility index (Phi) is 4.43. The van der Waals surface area contributed by atoms with Crippen molar-refractivity contribution in [3.05, 3.63) is 12.1 Å². The molecule has 0 spiro atoms. The molecule has 1 aromatic rings. The number of nitrogens with zero attached hydrogens (tertiary/aromatic N) is 1. The quantitative estimate of drug-likeness (QED) is 0.862. The average Bonchev–Trinajstić information content (AvgIpc) is 2.20. The van der Waals surface area contributed by atoms with Crippen LogP contribution in [0, 0.1) is 5.41 Å². The van der Waals surface area contributed by atoms with Gasteiger partial charge in [0, 0.05) is 6.04 Å². The van der Waals surface area contributed by atoms with Crippen LogP contribution in [-0.2, 0) is 0 Å². The normalized spacial score (nSPS) is 13.5. The lowest BCUT2D eigenvalue weighted by Crippen LogP contribution is -2.31. The van der Waals surface area contributed by atoms with E-state index in [4.69, 9.17) is 10.5 Å². The number of anilines is 2. The van der Waals surface area contributed by atoms with E-state index >= 15 is 0 Å². The molecule has 18 heavy (non-hydrogen) atoms. The topological polar surface area (TPSA) is 60.2 Å². The van der Waals surface area contributed by atoms with Gasteiger partial charge < -0.3 is 15.8 Å². The van der Waals surface area contributed by atoms with Crippen LogP contribution in [0.5, 0.6) is 5.88 Å². The zero-order chi connectivity index (χ0) is 13.9. The third-order valence-corrected chi connectivity index (χ3v) is 2.90. The Morgan fingerprint density at radius 3 is 2.33 bits per heavy atom. The van der Waals surface area contributed by atoms with Crippen molar-refractivity contribution < 1.29 is 4.74 Å². The minimum absolute atomic E-state index is 0.0649. The predicted octanol–water partition coefficient (Wildman–Crippen LogP) is 3.30. The van der Waals surface area contributed by atoms with Gasteiger partial charge in [0.1, 0.15) is 5.82 Å². The summed E-state index contributed by atoms with van der Waals surface area (Å²) in [5.74, 6) is 1.29. The maximum atomic E-state index is 5.84. The molecule has 0 aromatic carbocycles. The monoisotopic (exact) mass is 251 g/mol. The summed E-state index contributed by atoms with van der Waals surface area (Å²) in [6, 6.07) is 4.01. The fourth-order valence-corrected chi connectivity index (χ4v) is 1.29. The van der Waals surface area contributed by atoms with Gasteiger partial charge in [0.15, 0.2) is 0 Å². The summed E-state index contributed by atoms with van der Waals surface area (Å²) in [5, 5.41) is 3.38. The molecule has 1 rings (SSSR count). The van der Waals surface area contributed by atoms with E-state index in [1.807, 2.05) is 26.0 Å². The van der Waals surface area contributed by atoms with Crippen molar-refractivity contribution in [1.29, 1.82) is 0 Å². The Morgan fingerprint density at radius 1 is 1.22 bits per heavy atom. The molecular formula is C14H25N3O. The fraction of sp³-hybridized carbons (Fsp3) is 0.643. The molecule has 0 saturated carbocycles. The van der Waals surface area contributed by atoms with Gasteiger partial charge in [-0.2, -0.15) is 4.98 Å². The highest BCUT2D eigenvalue weighted by Crippen LogP contribution is 2.25. The van der Waals surface area contributed by atoms with Gasteiger partial charge in [0.05, 0.1) is 11.8 Å². The van der Waals surface area contributed by atoms with E-state index in [1.165, 1.54) is 0 Å². The SMILES string of the molecule is CC(C)Oc1nc(NC(C)C(C)(C)C)ccc1N. The van der Waals surface area contributed by atoms with E-state index in [0.29, 0.717) is 17.6 Å². The Morgan fingerprint density at radius 2 is 1.83 bits per heavy atom. The van der Waals surface area contributed by atoms with Crippen molar-refractivity contribution in [2.45, 2.75) is 53.7 Å². The summed E-state index contributed by atoms with van der Waals surface area (Å²) in [6.45, 7) is 12.6. The highest BCUT2D eigenvalue weighted by molar-refractivity contribution is 5.54. The summed E-state index contributed by atoms with van der Waals surface area (Å²) in [7, 11) is 0. The molecule has 4 heteroatoms. The van der Waals surface area contributed by atoms with Gasteiger partial charge in [0.25, 0.3) is 0 Å². The minimum atomic E-state index is 0.0649. The molecule has 102 valence electrons. The maximum absolute atomic E-state index is 5.84. The highest BCUT2D eigenvalue weighted by Gasteiger charge is 2.20. The molecule has 0 aliphatic heterocycles. The molecule has 0 bridgehead atoms. The van der Waals surface area contributed by atoms with Crippen molar-refractivity contribution in [3.63, 3.8) is 0 Å². The van der Waals surface area contributed by atoms with Gasteiger partial charge in [-0.3, -0.25) is 0 Å². The number of nitrogen functional groups attached to an aromatic ring is 1. The largest absolute Gasteiger partial charge is 0.473 e. The van der Waals surface area contributed by atoms with Crippen LogP contribution in [0.3, 0.4) is 0 Å². The number of hydrogen-bond acceptors (Lipinski definition) is 4. The molecule has 3 N–H and O–H groups in total. The fourth-order valence-electron chi connectivity index (χ4n) is 1.29. The number of nitrogens with two attached hydrogens (primary N) is 1. The van der Waals surface area contributed by atoms with Crippen molar-refractivity contribution in [2.24, 2.45) is 5.41 Å². The third-order valence-electron chi connectivity index (χ3n) is 2.90. The summed E-state index contributed by atoms with van der Waals surface area (Å²) >= 11 is 0. The summed E-state index contributed by atoms with van der Waals surface area (Å²) in [5.41, 5.74) is 6.58. The highest BCUT2D eigenvalue weighted by atomic mass is 16.5. The number of aromatic nitrogens is 1. The van der Waals surface area contributed by atoms with E-state index in [9.17, 15) is 0 Å². The van der Waals surface area contributed by atoms with E-state index in [-0.39, 0.29) is 11.5 Å². The molecule has 1 aromatic heterocycles. The van der Waals surface area contributed by atoms with Gasteiger partial charge in [0.2, 0.25) is 5.88 Å². The number of ether oxygens (including phenoxy) is 1. The molecule has 0 fully saturated rings. The smallest absolute Gasteiger partial charge is 0.239 e. The van der Waals surface area contributed by atoms with Crippen molar-refractivity contribution in [2.75, 3.05) is 11.1 Å². The van der Waals surface area contributed by atoms with Crippen molar-refractivity contribution >= 4 is 11.5 Å². The Labute approximate surface area is 110 Å². The zero-order valence-corrected chi connectivity index (χ0v) is 12.2. The van der Waals surface area contributed by atoms with Crippen LogP contribution in [0.2, 0.25) is 0 Å². The first kappa shape index (κ1) is 14.6. The minimum Gasteiger partial charge on any atom is -0.473 e. The van der Waals surface area contributed by atoms with Crippen LogP contribution >= 0.6 is 0 Å². The van der Waals surface area contributed by atoms with E-state index in [0.717, 1.165) is 5.82 Å². The van der Waals surface area contributed by atoms with Crippen LogP contribution in [0.1, 0.15) is 41.5 Å². The lowest BCUT2D eigenvalue weighted by molar-refractivity contribution is 0.234. The first-order valence-corrected chi connectivity index (χ1v) is 6.40. The van der Waals surface area contributed by atoms with E-state index < -0.39 is 0 Å². The molecule has 1 heterocycles. The zero-order valence-electron chi connectivity index (χ0n) is 12.2. The summed E-state index contributed by atoms with van der Waals surface area (Å²) < 4.78 is 5.58. The second-order valence-corrected chi connectivity index (χ2v) is 5.99. The Balaban J connectivity index is 2.85. The predicted molar refractivity (Wildman–Crippen MR) is 77.0 cm³/mol. The second-order valence-electron chi connectivity index (χ2n) is 5.99. The maximum Gasteiger partial charge on any atom is 0.239 e. The number of pyridine rings is 1. The van der Waals surface area contributed by atoms with Gasteiger partial charge in [-0.05, 0) is 38.3 Å². The molecule has 0 aliphatic carbocycles. The molecule has 0 saturated heterocycles. The Bertz CT molecular complexity index is 397. The van der Waals surface area contributed by atoms with E-state index in [1.54, 1.807) is 0 Å². The number of nitrogens with one attached hydrogen (secondary N) is 1. The molecule has 0 amide bonds. The first-order chi connectivity index (χ1) is 8.20. The average molecular weight is 251 g/mol. The number of hydrogen-bond donors (Lipinski definition) is 2.